The molecule has 0 aliphatic carbocycles. The second-order valence-electron chi connectivity index (χ2n) is 5.22. The van der Waals surface area contributed by atoms with Crippen LogP contribution in [-0.4, -0.2) is 53.5 Å². The maximum absolute atomic E-state index is 13.6. The van der Waals surface area contributed by atoms with Crippen LogP contribution in [0.4, 0.5) is 8.78 Å². The number of aliphatic hydroxyl groups excluding tert-OH is 1. The van der Waals surface area contributed by atoms with Gasteiger partial charge in [0.2, 0.25) is 5.91 Å². The molecule has 21 heavy (non-hydrogen) atoms. The average Bonchev–Trinajstić information content (AvgIpc) is 2.49. The molecule has 0 saturated carbocycles. The molecule has 0 aromatic heterocycles. The first-order chi connectivity index (χ1) is 10.0. The number of halogens is 2. The summed E-state index contributed by atoms with van der Waals surface area (Å²) < 4.78 is 26.7. The lowest BCUT2D eigenvalue weighted by Crippen LogP contribution is -2.49. The number of aliphatic hydroxyl groups is 1. The van der Waals surface area contributed by atoms with Gasteiger partial charge in [0.15, 0.2) is 0 Å². The zero-order chi connectivity index (χ0) is 15.4. The molecule has 1 atom stereocenters. The molecule has 1 saturated heterocycles. The average molecular weight is 298 g/mol. The Kier molecular flexibility index (Phi) is 5.25. The molecular formula is C15H20F2N2O2. The number of β-amino-alcohol motifs (C(OH)–C–C–N with tert-alkyl or cyclic N) is 1. The molecule has 1 fully saturated rings. The molecule has 4 nitrogen and oxygen atoms in total. The van der Waals surface area contributed by atoms with E-state index in [4.69, 9.17) is 0 Å². The van der Waals surface area contributed by atoms with Gasteiger partial charge in [-0.05, 0) is 18.2 Å². The van der Waals surface area contributed by atoms with Crippen molar-refractivity contribution in [3.8, 4) is 0 Å². The number of carbonyl (C=O) groups excluding carboxylic acids is 1. The van der Waals surface area contributed by atoms with E-state index in [1.54, 1.807) is 4.90 Å². The quantitative estimate of drug-likeness (QED) is 0.917. The Morgan fingerprint density at radius 3 is 2.57 bits per heavy atom. The molecule has 1 heterocycles. The second-order valence-corrected chi connectivity index (χ2v) is 5.22. The predicted molar refractivity (Wildman–Crippen MR) is 74.6 cm³/mol. The molecule has 1 amide bonds. The van der Waals surface area contributed by atoms with E-state index >= 15 is 0 Å². The van der Waals surface area contributed by atoms with Crippen molar-refractivity contribution in [2.75, 3.05) is 32.7 Å². The summed E-state index contributed by atoms with van der Waals surface area (Å²) in [4.78, 5) is 15.3. The van der Waals surface area contributed by atoms with Gasteiger partial charge in [0, 0.05) is 44.7 Å². The van der Waals surface area contributed by atoms with Crippen LogP contribution in [0.15, 0.2) is 18.2 Å². The van der Waals surface area contributed by atoms with Crippen molar-refractivity contribution >= 4 is 5.91 Å². The monoisotopic (exact) mass is 298 g/mol. The van der Waals surface area contributed by atoms with Crippen molar-refractivity contribution in [1.82, 2.24) is 9.80 Å². The van der Waals surface area contributed by atoms with E-state index in [9.17, 15) is 18.7 Å². The third kappa shape index (κ3) is 3.98. The fraction of sp³-hybridized carbons (Fsp3) is 0.533. The Hall–Kier alpha value is -1.53. The highest BCUT2D eigenvalue weighted by Gasteiger charge is 2.23. The summed E-state index contributed by atoms with van der Waals surface area (Å²) in [5.74, 6) is -1.06. The molecule has 0 radical (unpaired) electrons. The van der Waals surface area contributed by atoms with Gasteiger partial charge in [0.1, 0.15) is 11.6 Å². The summed E-state index contributed by atoms with van der Waals surface area (Å²) in [7, 11) is 0. The first-order valence-electron chi connectivity index (χ1n) is 7.14. The number of hydrogen-bond acceptors (Lipinski definition) is 3. The summed E-state index contributed by atoms with van der Waals surface area (Å²) in [6, 6.07) is 3.07. The maximum Gasteiger partial charge on any atom is 0.222 e. The number of amides is 1. The largest absolute Gasteiger partial charge is 0.387 e. The number of rotatable bonds is 4. The van der Waals surface area contributed by atoms with Crippen molar-refractivity contribution in [1.29, 1.82) is 0 Å². The molecule has 1 aromatic rings. The first kappa shape index (κ1) is 15.9. The van der Waals surface area contributed by atoms with Crippen molar-refractivity contribution in [2.45, 2.75) is 19.4 Å². The van der Waals surface area contributed by atoms with E-state index < -0.39 is 17.7 Å². The number of piperazine rings is 1. The molecule has 2 rings (SSSR count). The van der Waals surface area contributed by atoms with Gasteiger partial charge in [0.25, 0.3) is 0 Å². The third-order valence-electron chi connectivity index (χ3n) is 3.78. The Bertz CT molecular complexity index is 502. The van der Waals surface area contributed by atoms with Gasteiger partial charge in [-0.25, -0.2) is 8.78 Å². The van der Waals surface area contributed by atoms with Crippen LogP contribution in [0.5, 0.6) is 0 Å². The highest BCUT2D eigenvalue weighted by Crippen LogP contribution is 2.20. The molecule has 1 aliphatic heterocycles. The molecule has 1 aromatic carbocycles. The lowest BCUT2D eigenvalue weighted by Gasteiger charge is -2.35. The minimum absolute atomic E-state index is 0.0259. The molecule has 1 unspecified atom stereocenters. The zero-order valence-electron chi connectivity index (χ0n) is 12.1. The summed E-state index contributed by atoms with van der Waals surface area (Å²) >= 11 is 0. The van der Waals surface area contributed by atoms with Gasteiger partial charge in [0.05, 0.1) is 6.10 Å². The van der Waals surface area contributed by atoms with E-state index in [1.807, 2.05) is 11.8 Å². The summed E-state index contributed by atoms with van der Waals surface area (Å²) in [5, 5.41) is 10.1. The molecular weight excluding hydrogens is 278 g/mol. The van der Waals surface area contributed by atoms with Gasteiger partial charge in [-0.15, -0.1) is 0 Å². The van der Waals surface area contributed by atoms with Gasteiger partial charge >= 0.3 is 0 Å². The van der Waals surface area contributed by atoms with Crippen molar-refractivity contribution in [2.24, 2.45) is 0 Å². The SMILES string of the molecule is CCC(=O)N1CCN(CC(O)c2cc(F)ccc2F)CC1. The lowest BCUT2D eigenvalue weighted by atomic mass is 10.1. The van der Waals surface area contributed by atoms with Gasteiger partial charge in [-0.2, -0.15) is 0 Å². The topological polar surface area (TPSA) is 43.8 Å². The van der Waals surface area contributed by atoms with Crippen LogP contribution in [0.25, 0.3) is 0 Å². The smallest absolute Gasteiger partial charge is 0.222 e. The van der Waals surface area contributed by atoms with Gasteiger partial charge in [-0.3, -0.25) is 9.69 Å². The van der Waals surface area contributed by atoms with E-state index in [0.717, 1.165) is 18.2 Å². The Labute approximate surface area is 123 Å². The van der Waals surface area contributed by atoms with Crippen LogP contribution in [-0.2, 0) is 4.79 Å². The van der Waals surface area contributed by atoms with E-state index in [0.29, 0.717) is 32.6 Å². The fourth-order valence-electron chi connectivity index (χ4n) is 2.52. The fourth-order valence-corrected chi connectivity index (χ4v) is 2.52. The molecule has 1 N–H and O–H groups in total. The van der Waals surface area contributed by atoms with Crippen molar-refractivity contribution in [3.63, 3.8) is 0 Å². The number of nitrogens with zero attached hydrogens (tertiary/aromatic N) is 2. The highest BCUT2D eigenvalue weighted by molar-refractivity contribution is 5.75. The molecule has 0 spiro atoms. The number of carbonyl (C=O) groups is 1. The normalized spacial score (nSPS) is 17.8. The van der Waals surface area contributed by atoms with Crippen LogP contribution >= 0.6 is 0 Å². The van der Waals surface area contributed by atoms with E-state index in [1.165, 1.54) is 0 Å². The standard InChI is InChI=1S/C15H20F2N2O2/c1-2-15(21)19-7-5-18(6-8-19)10-14(20)12-9-11(16)3-4-13(12)17/h3-4,9,14,20H,2,5-8,10H2,1H3. The number of benzene rings is 1. The minimum Gasteiger partial charge on any atom is -0.387 e. The van der Waals surface area contributed by atoms with Crippen LogP contribution in [0.1, 0.15) is 25.0 Å². The second kappa shape index (κ2) is 6.95. The zero-order valence-corrected chi connectivity index (χ0v) is 12.1. The van der Waals surface area contributed by atoms with E-state index in [-0.39, 0.29) is 18.0 Å². The summed E-state index contributed by atoms with van der Waals surface area (Å²) in [6.07, 6.45) is -0.592. The van der Waals surface area contributed by atoms with Crippen molar-refractivity contribution in [3.05, 3.63) is 35.4 Å². The Morgan fingerprint density at radius 1 is 1.29 bits per heavy atom. The maximum atomic E-state index is 13.6. The summed E-state index contributed by atoms with van der Waals surface area (Å²) in [5.41, 5.74) is -0.0259. The lowest BCUT2D eigenvalue weighted by molar-refractivity contribution is -0.132. The summed E-state index contributed by atoms with van der Waals surface area (Å²) in [6.45, 7) is 4.51. The highest BCUT2D eigenvalue weighted by atomic mass is 19.1. The third-order valence-corrected chi connectivity index (χ3v) is 3.78. The van der Waals surface area contributed by atoms with Gasteiger partial charge < -0.3 is 10.0 Å². The van der Waals surface area contributed by atoms with Crippen LogP contribution in [0.2, 0.25) is 0 Å². The molecule has 0 bridgehead atoms. The Balaban J connectivity index is 1.91. The Morgan fingerprint density at radius 2 is 1.95 bits per heavy atom. The molecule has 1 aliphatic rings. The molecule has 6 heteroatoms. The van der Waals surface area contributed by atoms with Crippen LogP contribution < -0.4 is 0 Å². The predicted octanol–water partition coefficient (Wildman–Crippen LogP) is 1.55. The van der Waals surface area contributed by atoms with Crippen LogP contribution in [0.3, 0.4) is 0 Å². The van der Waals surface area contributed by atoms with Crippen LogP contribution in [0, 0.1) is 11.6 Å². The minimum atomic E-state index is -1.07. The van der Waals surface area contributed by atoms with Crippen molar-refractivity contribution < 1.29 is 18.7 Å². The number of hydrogen-bond donors (Lipinski definition) is 1. The van der Waals surface area contributed by atoms with Gasteiger partial charge in [-0.1, -0.05) is 6.92 Å². The first-order valence-corrected chi connectivity index (χ1v) is 7.14. The molecule has 116 valence electrons. The van der Waals surface area contributed by atoms with E-state index in [2.05, 4.69) is 0 Å².